The number of benzene rings is 1. The van der Waals surface area contributed by atoms with E-state index in [9.17, 15) is 8.42 Å². The number of anilines is 1. The van der Waals surface area contributed by atoms with Crippen molar-refractivity contribution in [3.05, 3.63) is 30.3 Å². The van der Waals surface area contributed by atoms with Crippen molar-refractivity contribution in [1.29, 1.82) is 0 Å². The van der Waals surface area contributed by atoms with Gasteiger partial charge in [0.2, 0.25) is 10.0 Å². The second-order valence-electron chi connectivity index (χ2n) is 3.93. The second kappa shape index (κ2) is 6.61. The van der Waals surface area contributed by atoms with Gasteiger partial charge in [-0.2, -0.15) is 0 Å². The van der Waals surface area contributed by atoms with Gasteiger partial charge in [-0.25, -0.2) is 8.42 Å². The number of hydrogen-bond acceptors (Lipinski definition) is 3. The first-order valence-electron chi connectivity index (χ1n) is 5.74. The quantitative estimate of drug-likeness (QED) is 0.751. The molecule has 0 saturated heterocycles. The predicted molar refractivity (Wildman–Crippen MR) is 71.8 cm³/mol. The van der Waals surface area contributed by atoms with Crippen molar-refractivity contribution >= 4 is 15.7 Å². The Labute approximate surface area is 104 Å². The van der Waals surface area contributed by atoms with Gasteiger partial charge in [-0.15, -0.1) is 0 Å². The lowest BCUT2D eigenvalue weighted by Crippen LogP contribution is -2.29. The van der Waals surface area contributed by atoms with Crippen LogP contribution >= 0.6 is 0 Å². The molecule has 17 heavy (non-hydrogen) atoms. The standard InChI is InChI=1S/C12H20N2O2S/c1-13-10-6-7-11-17(15,16)14(2)12-8-4-3-5-9-12/h3-5,8-9,13H,6-7,10-11H2,1-2H3. The van der Waals surface area contributed by atoms with Crippen molar-refractivity contribution in [2.45, 2.75) is 12.8 Å². The van der Waals surface area contributed by atoms with E-state index in [1.807, 2.05) is 25.2 Å². The summed E-state index contributed by atoms with van der Waals surface area (Å²) in [5.74, 6) is 0.195. The summed E-state index contributed by atoms with van der Waals surface area (Å²) in [6.07, 6.45) is 1.55. The molecule has 5 heteroatoms. The van der Waals surface area contributed by atoms with Crippen molar-refractivity contribution in [2.75, 3.05) is 30.7 Å². The van der Waals surface area contributed by atoms with Gasteiger partial charge in [-0.3, -0.25) is 4.31 Å². The maximum absolute atomic E-state index is 12.0. The lowest BCUT2D eigenvalue weighted by molar-refractivity contribution is 0.588. The maximum Gasteiger partial charge on any atom is 0.234 e. The molecule has 0 aliphatic carbocycles. The predicted octanol–water partition coefficient (Wildman–Crippen LogP) is 1.45. The van der Waals surface area contributed by atoms with Gasteiger partial charge in [0, 0.05) is 7.05 Å². The van der Waals surface area contributed by atoms with Crippen molar-refractivity contribution in [3.8, 4) is 0 Å². The molecule has 0 bridgehead atoms. The highest BCUT2D eigenvalue weighted by molar-refractivity contribution is 7.92. The highest BCUT2D eigenvalue weighted by Crippen LogP contribution is 2.15. The summed E-state index contributed by atoms with van der Waals surface area (Å²) < 4.78 is 25.4. The van der Waals surface area contributed by atoms with E-state index in [0.29, 0.717) is 12.1 Å². The van der Waals surface area contributed by atoms with Crippen LogP contribution in [0.1, 0.15) is 12.8 Å². The van der Waals surface area contributed by atoms with Gasteiger partial charge in [-0.05, 0) is 38.6 Å². The second-order valence-corrected chi connectivity index (χ2v) is 6.05. The summed E-state index contributed by atoms with van der Waals surface area (Å²) in [7, 11) is 0.277. The Bertz CT molecular complexity index is 417. The molecular weight excluding hydrogens is 236 g/mol. The molecule has 0 aromatic heterocycles. The Morgan fingerprint density at radius 3 is 2.41 bits per heavy atom. The highest BCUT2D eigenvalue weighted by atomic mass is 32.2. The zero-order valence-corrected chi connectivity index (χ0v) is 11.2. The summed E-state index contributed by atoms with van der Waals surface area (Å²) in [6.45, 7) is 0.852. The lowest BCUT2D eigenvalue weighted by atomic mass is 10.3. The van der Waals surface area contributed by atoms with Crippen molar-refractivity contribution in [2.24, 2.45) is 0 Å². The Balaban J connectivity index is 2.58. The van der Waals surface area contributed by atoms with Crippen molar-refractivity contribution < 1.29 is 8.42 Å². The van der Waals surface area contributed by atoms with E-state index in [1.165, 1.54) is 4.31 Å². The molecule has 0 radical (unpaired) electrons. The van der Waals surface area contributed by atoms with Crippen molar-refractivity contribution in [1.82, 2.24) is 5.32 Å². The minimum Gasteiger partial charge on any atom is -0.320 e. The molecule has 1 N–H and O–H groups in total. The number of rotatable bonds is 7. The van der Waals surface area contributed by atoms with E-state index in [0.717, 1.165) is 13.0 Å². The van der Waals surface area contributed by atoms with E-state index in [-0.39, 0.29) is 5.75 Å². The molecule has 1 aromatic carbocycles. The molecule has 0 heterocycles. The molecule has 4 nitrogen and oxygen atoms in total. The molecule has 1 rings (SSSR count). The minimum absolute atomic E-state index is 0.195. The first-order chi connectivity index (χ1) is 8.08. The zero-order valence-electron chi connectivity index (χ0n) is 10.4. The van der Waals surface area contributed by atoms with Crippen LogP contribution in [0.3, 0.4) is 0 Å². The Morgan fingerprint density at radius 2 is 1.82 bits per heavy atom. The third-order valence-electron chi connectivity index (χ3n) is 2.62. The first-order valence-corrected chi connectivity index (χ1v) is 7.35. The molecular formula is C12H20N2O2S. The molecule has 0 aliphatic rings. The smallest absolute Gasteiger partial charge is 0.234 e. The van der Waals surface area contributed by atoms with E-state index in [4.69, 9.17) is 0 Å². The summed E-state index contributed by atoms with van der Waals surface area (Å²) in [5.41, 5.74) is 0.709. The van der Waals surface area contributed by atoms with Crippen LogP contribution in [0.25, 0.3) is 0 Å². The SMILES string of the molecule is CNCCCCS(=O)(=O)N(C)c1ccccc1. The molecule has 0 spiro atoms. The zero-order chi connectivity index (χ0) is 12.7. The first kappa shape index (κ1) is 14.0. The third-order valence-corrected chi connectivity index (χ3v) is 4.47. The summed E-state index contributed by atoms with van der Waals surface area (Å²) >= 11 is 0. The van der Waals surface area contributed by atoms with Crippen LogP contribution < -0.4 is 9.62 Å². The van der Waals surface area contributed by atoms with E-state index in [1.54, 1.807) is 19.2 Å². The molecule has 0 saturated carbocycles. The molecule has 0 amide bonds. The molecule has 0 unspecified atom stereocenters. The van der Waals surface area contributed by atoms with Crippen LogP contribution in [-0.2, 0) is 10.0 Å². The fraction of sp³-hybridized carbons (Fsp3) is 0.500. The molecule has 0 aliphatic heterocycles. The Kier molecular flexibility index (Phi) is 5.44. The third kappa shape index (κ3) is 4.36. The number of para-hydroxylation sites is 1. The fourth-order valence-corrected chi connectivity index (χ4v) is 2.81. The maximum atomic E-state index is 12.0. The molecule has 96 valence electrons. The van der Waals surface area contributed by atoms with E-state index < -0.39 is 10.0 Å². The van der Waals surface area contributed by atoms with Crippen LogP contribution in [0, 0.1) is 0 Å². The van der Waals surface area contributed by atoms with Gasteiger partial charge >= 0.3 is 0 Å². The molecule has 0 atom stereocenters. The monoisotopic (exact) mass is 256 g/mol. The topological polar surface area (TPSA) is 49.4 Å². The summed E-state index contributed by atoms with van der Waals surface area (Å²) in [5, 5.41) is 3.01. The largest absolute Gasteiger partial charge is 0.320 e. The van der Waals surface area contributed by atoms with Crippen LogP contribution in [-0.4, -0.2) is 34.8 Å². The van der Waals surface area contributed by atoms with Gasteiger partial charge in [0.1, 0.15) is 0 Å². The van der Waals surface area contributed by atoms with Crippen molar-refractivity contribution in [3.63, 3.8) is 0 Å². The van der Waals surface area contributed by atoms with Crippen LogP contribution in [0.5, 0.6) is 0 Å². The average molecular weight is 256 g/mol. The average Bonchev–Trinajstić information content (AvgIpc) is 2.35. The van der Waals surface area contributed by atoms with Gasteiger partial charge < -0.3 is 5.32 Å². The number of hydrogen-bond donors (Lipinski definition) is 1. The Hall–Kier alpha value is -1.07. The number of nitrogens with zero attached hydrogens (tertiary/aromatic N) is 1. The number of sulfonamides is 1. The number of nitrogens with one attached hydrogen (secondary N) is 1. The summed E-state index contributed by atoms with van der Waals surface area (Å²) in [6, 6.07) is 9.14. The minimum atomic E-state index is -3.19. The normalized spacial score (nSPS) is 11.4. The van der Waals surface area contributed by atoms with Gasteiger partial charge in [0.05, 0.1) is 11.4 Å². The molecule has 1 aromatic rings. The summed E-state index contributed by atoms with van der Waals surface area (Å²) in [4.78, 5) is 0. The Morgan fingerprint density at radius 1 is 1.18 bits per heavy atom. The lowest BCUT2D eigenvalue weighted by Gasteiger charge is -2.19. The van der Waals surface area contributed by atoms with Gasteiger partial charge in [0.25, 0.3) is 0 Å². The molecule has 0 fully saturated rings. The van der Waals surface area contributed by atoms with Crippen LogP contribution in [0.2, 0.25) is 0 Å². The van der Waals surface area contributed by atoms with E-state index in [2.05, 4.69) is 5.32 Å². The van der Waals surface area contributed by atoms with E-state index >= 15 is 0 Å². The van der Waals surface area contributed by atoms with Crippen LogP contribution in [0.15, 0.2) is 30.3 Å². The van der Waals surface area contributed by atoms with Gasteiger partial charge in [-0.1, -0.05) is 18.2 Å². The fourth-order valence-electron chi connectivity index (χ4n) is 1.52. The van der Waals surface area contributed by atoms with Gasteiger partial charge in [0.15, 0.2) is 0 Å². The highest BCUT2D eigenvalue weighted by Gasteiger charge is 2.17. The van der Waals surface area contributed by atoms with Crippen LogP contribution in [0.4, 0.5) is 5.69 Å². The number of unbranched alkanes of at least 4 members (excludes halogenated alkanes) is 1.